The van der Waals surface area contributed by atoms with Crippen molar-refractivity contribution in [3.05, 3.63) is 53.3 Å². The van der Waals surface area contributed by atoms with Crippen LogP contribution in [0, 0.1) is 5.82 Å². The Kier molecular flexibility index (Phi) is 7.50. The van der Waals surface area contributed by atoms with Gasteiger partial charge in [0.05, 0.1) is 24.7 Å². The number of benzene rings is 2. The third-order valence-corrected chi connectivity index (χ3v) is 7.18. The Balaban J connectivity index is 1.68. The second kappa shape index (κ2) is 10.1. The van der Waals surface area contributed by atoms with Gasteiger partial charge in [0.15, 0.2) is 11.5 Å². The van der Waals surface area contributed by atoms with Crippen LogP contribution >= 0.6 is 0 Å². The maximum Gasteiger partial charge on any atom is 0.254 e. The molecule has 2 aromatic carbocycles. The van der Waals surface area contributed by atoms with E-state index in [4.69, 9.17) is 9.47 Å². The van der Waals surface area contributed by atoms with Gasteiger partial charge < -0.3 is 14.8 Å². The van der Waals surface area contributed by atoms with Crippen molar-refractivity contribution in [3.63, 3.8) is 0 Å². The highest BCUT2D eigenvalue weighted by Crippen LogP contribution is 2.27. The van der Waals surface area contributed by atoms with Crippen LogP contribution in [0.5, 0.6) is 11.5 Å². The monoisotopic (exact) mass is 450 g/mol. The Bertz CT molecular complexity index is 1040. The second-order valence-corrected chi connectivity index (χ2v) is 9.24. The fraction of sp³-hybridized carbons (Fsp3) is 0.409. The molecule has 0 bridgehead atoms. The quantitative estimate of drug-likeness (QED) is 0.668. The smallest absolute Gasteiger partial charge is 0.254 e. The van der Waals surface area contributed by atoms with Gasteiger partial charge in [-0.15, -0.1) is 0 Å². The van der Waals surface area contributed by atoms with Gasteiger partial charge in [-0.2, -0.15) is 4.31 Å². The molecule has 1 amide bonds. The molecular formula is C22H27FN2O5S. The normalized spacial score (nSPS) is 14.8. The molecule has 1 fully saturated rings. The molecule has 0 aliphatic carbocycles. The van der Waals surface area contributed by atoms with Crippen molar-refractivity contribution < 1.29 is 27.1 Å². The number of halogens is 1. The Labute approximate surface area is 182 Å². The Morgan fingerprint density at radius 1 is 1.03 bits per heavy atom. The molecule has 168 valence electrons. The van der Waals surface area contributed by atoms with Crippen molar-refractivity contribution in [1.29, 1.82) is 0 Å². The minimum atomic E-state index is -3.75. The van der Waals surface area contributed by atoms with E-state index in [1.165, 1.54) is 17.5 Å². The molecule has 0 atom stereocenters. The predicted octanol–water partition coefficient (Wildman–Crippen LogP) is 2.99. The maximum absolute atomic E-state index is 14.3. The molecule has 2 aromatic rings. The summed E-state index contributed by atoms with van der Waals surface area (Å²) in [4.78, 5) is 12.5. The molecular weight excluding hydrogens is 423 g/mol. The first-order valence-electron chi connectivity index (χ1n) is 10.2. The maximum atomic E-state index is 14.3. The fourth-order valence-electron chi connectivity index (χ4n) is 3.54. The number of methoxy groups -OCH3 is 2. The highest BCUT2D eigenvalue weighted by molar-refractivity contribution is 7.89. The van der Waals surface area contributed by atoms with Gasteiger partial charge in [-0.05, 0) is 55.2 Å². The number of ether oxygens (including phenoxy) is 2. The van der Waals surface area contributed by atoms with Crippen LogP contribution in [-0.2, 0) is 16.4 Å². The molecule has 1 saturated heterocycles. The fourth-order valence-corrected chi connectivity index (χ4v) is 5.09. The lowest BCUT2D eigenvalue weighted by molar-refractivity contribution is 0.0950. The average molecular weight is 451 g/mol. The number of rotatable bonds is 8. The molecule has 1 heterocycles. The van der Waals surface area contributed by atoms with Gasteiger partial charge in [-0.3, -0.25) is 4.79 Å². The van der Waals surface area contributed by atoms with Crippen molar-refractivity contribution in [2.24, 2.45) is 0 Å². The standard InChI is InChI=1S/C22H27FN2O5S/c1-29-20-9-6-16(14-21(20)30-2)10-11-24-22(26)18-15-17(7-8-19(18)23)31(27,28)25-12-4-3-5-13-25/h6-9,14-15H,3-5,10-13H2,1-2H3,(H,24,26). The molecule has 1 aliphatic rings. The van der Waals surface area contributed by atoms with Crippen LogP contribution in [0.25, 0.3) is 0 Å². The molecule has 31 heavy (non-hydrogen) atoms. The van der Waals surface area contributed by atoms with Crippen LogP contribution < -0.4 is 14.8 Å². The van der Waals surface area contributed by atoms with Crippen LogP contribution in [0.3, 0.4) is 0 Å². The van der Waals surface area contributed by atoms with Gasteiger partial charge in [-0.25, -0.2) is 12.8 Å². The lowest BCUT2D eigenvalue weighted by Gasteiger charge is -2.26. The molecule has 0 unspecified atom stereocenters. The second-order valence-electron chi connectivity index (χ2n) is 7.30. The Morgan fingerprint density at radius 3 is 2.42 bits per heavy atom. The summed E-state index contributed by atoms with van der Waals surface area (Å²) >= 11 is 0. The summed E-state index contributed by atoms with van der Waals surface area (Å²) in [6, 6.07) is 8.77. The lowest BCUT2D eigenvalue weighted by atomic mass is 10.1. The zero-order valence-electron chi connectivity index (χ0n) is 17.7. The van der Waals surface area contributed by atoms with E-state index in [1.54, 1.807) is 19.2 Å². The van der Waals surface area contributed by atoms with Crippen molar-refractivity contribution in [2.75, 3.05) is 33.9 Å². The number of amides is 1. The van der Waals surface area contributed by atoms with E-state index in [-0.39, 0.29) is 17.0 Å². The molecule has 0 spiro atoms. The van der Waals surface area contributed by atoms with E-state index in [0.29, 0.717) is 31.0 Å². The summed E-state index contributed by atoms with van der Waals surface area (Å²) < 4.78 is 51.8. The predicted molar refractivity (Wildman–Crippen MR) is 115 cm³/mol. The summed E-state index contributed by atoms with van der Waals surface area (Å²) in [5.41, 5.74) is 0.616. The first-order valence-corrected chi connectivity index (χ1v) is 11.6. The molecule has 1 aliphatic heterocycles. The van der Waals surface area contributed by atoms with Crippen molar-refractivity contribution >= 4 is 15.9 Å². The number of piperidine rings is 1. The zero-order valence-corrected chi connectivity index (χ0v) is 18.5. The number of nitrogens with one attached hydrogen (secondary N) is 1. The average Bonchev–Trinajstić information content (AvgIpc) is 2.79. The number of hydrogen-bond donors (Lipinski definition) is 1. The summed E-state index contributed by atoms with van der Waals surface area (Å²) in [6.45, 7) is 1.12. The minimum absolute atomic E-state index is 0.0687. The van der Waals surface area contributed by atoms with Crippen LogP contribution in [0.1, 0.15) is 35.2 Å². The summed E-state index contributed by atoms with van der Waals surface area (Å²) in [5, 5.41) is 2.65. The van der Waals surface area contributed by atoms with Crippen molar-refractivity contribution in [3.8, 4) is 11.5 Å². The number of nitrogens with zero attached hydrogens (tertiary/aromatic N) is 1. The van der Waals surface area contributed by atoms with Crippen molar-refractivity contribution in [2.45, 2.75) is 30.6 Å². The van der Waals surface area contributed by atoms with Gasteiger partial charge in [0.2, 0.25) is 10.0 Å². The van der Waals surface area contributed by atoms with E-state index in [1.807, 2.05) is 6.07 Å². The summed E-state index contributed by atoms with van der Waals surface area (Å²) in [5.74, 6) is -0.244. The van der Waals surface area contributed by atoms with Crippen LogP contribution in [0.2, 0.25) is 0 Å². The van der Waals surface area contributed by atoms with Crippen LogP contribution in [0.15, 0.2) is 41.3 Å². The Hall–Kier alpha value is -2.65. The van der Waals surface area contributed by atoms with Gasteiger partial charge in [0, 0.05) is 19.6 Å². The van der Waals surface area contributed by atoms with E-state index in [9.17, 15) is 17.6 Å². The molecule has 7 nitrogen and oxygen atoms in total. The van der Waals surface area contributed by atoms with Gasteiger partial charge in [-0.1, -0.05) is 12.5 Å². The van der Waals surface area contributed by atoms with E-state index in [2.05, 4.69) is 5.32 Å². The molecule has 1 N–H and O–H groups in total. The minimum Gasteiger partial charge on any atom is -0.493 e. The molecule has 3 rings (SSSR count). The van der Waals surface area contributed by atoms with E-state index in [0.717, 1.165) is 37.0 Å². The lowest BCUT2D eigenvalue weighted by Crippen LogP contribution is -2.35. The summed E-state index contributed by atoms with van der Waals surface area (Å²) in [6.07, 6.45) is 3.07. The Morgan fingerprint density at radius 2 is 1.74 bits per heavy atom. The number of hydrogen-bond acceptors (Lipinski definition) is 5. The number of carbonyl (C=O) groups excluding carboxylic acids is 1. The topological polar surface area (TPSA) is 84.9 Å². The molecule has 0 radical (unpaired) electrons. The summed E-state index contributed by atoms with van der Waals surface area (Å²) in [7, 11) is -0.665. The van der Waals surface area contributed by atoms with Crippen LogP contribution in [0.4, 0.5) is 4.39 Å². The molecule has 9 heteroatoms. The third kappa shape index (κ3) is 5.34. The van der Waals surface area contributed by atoms with Gasteiger partial charge >= 0.3 is 0 Å². The number of sulfonamides is 1. The van der Waals surface area contributed by atoms with E-state index < -0.39 is 21.7 Å². The zero-order chi connectivity index (χ0) is 22.4. The number of carbonyl (C=O) groups is 1. The largest absolute Gasteiger partial charge is 0.493 e. The highest BCUT2D eigenvalue weighted by atomic mass is 32.2. The van der Waals surface area contributed by atoms with Crippen molar-refractivity contribution in [1.82, 2.24) is 9.62 Å². The van der Waals surface area contributed by atoms with Gasteiger partial charge in [0.25, 0.3) is 5.91 Å². The SMILES string of the molecule is COc1ccc(CCNC(=O)c2cc(S(=O)(=O)N3CCCCC3)ccc2F)cc1OC. The third-order valence-electron chi connectivity index (χ3n) is 5.28. The highest BCUT2D eigenvalue weighted by Gasteiger charge is 2.27. The van der Waals surface area contributed by atoms with Gasteiger partial charge in [0.1, 0.15) is 5.82 Å². The molecule has 0 saturated carbocycles. The molecule has 0 aromatic heterocycles. The van der Waals surface area contributed by atoms with E-state index >= 15 is 0 Å². The van der Waals surface area contributed by atoms with Crippen LogP contribution in [-0.4, -0.2) is 52.5 Å². The first-order chi connectivity index (χ1) is 14.9. The first kappa shape index (κ1) is 23.0.